The van der Waals surface area contributed by atoms with Gasteiger partial charge in [-0.1, -0.05) is 48.5 Å². The zero-order valence-electron chi connectivity index (χ0n) is 16.0. The molecule has 0 N–H and O–H groups in total. The summed E-state index contributed by atoms with van der Waals surface area (Å²) in [6, 6.07) is 21.5. The standard InChI is InChI=1S/C23H26N4/c1-18(2)27(17-19-9-4-3-5-10-19)23-24-15-14-22(25-23)26-16-8-12-20-11-6-7-13-21(20)26/h3-7,9-11,13-15,18H,8,12,16-17H2,1-2H3. The highest BCUT2D eigenvalue weighted by atomic mass is 15.3. The summed E-state index contributed by atoms with van der Waals surface area (Å²) in [7, 11) is 0. The molecule has 1 aliphatic rings. The van der Waals surface area contributed by atoms with E-state index in [2.05, 4.69) is 77.2 Å². The normalized spacial score (nSPS) is 13.5. The number of aromatic nitrogens is 2. The summed E-state index contributed by atoms with van der Waals surface area (Å²) in [6.45, 7) is 6.18. The van der Waals surface area contributed by atoms with Gasteiger partial charge in [0.15, 0.2) is 0 Å². The first-order valence-electron chi connectivity index (χ1n) is 9.71. The van der Waals surface area contributed by atoms with Crippen molar-refractivity contribution in [3.63, 3.8) is 0 Å². The van der Waals surface area contributed by atoms with Crippen molar-refractivity contribution < 1.29 is 0 Å². The molecule has 0 amide bonds. The summed E-state index contributed by atoms with van der Waals surface area (Å²) in [5, 5.41) is 0. The van der Waals surface area contributed by atoms with Gasteiger partial charge in [-0.2, -0.15) is 4.98 Å². The maximum Gasteiger partial charge on any atom is 0.227 e. The van der Waals surface area contributed by atoms with E-state index in [0.717, 1.165) is 37.7 Å². The molecule has 0 bridgehead atoms. The maximum atomic E-state index is 4.95. The van der Waals surface area contributed by atoms with Crippen molar-refractivity contribution in [1.82, 2.24) is 9.97 Å². The summed E-state index contributed by atoms with van der Waals surface area (Å²) in [6.07, 6.45) is 4.17. The van der Waals surface area contributed by atoms with Crippen LogP contribution in [-0.2, 0) is 13.0 Å². The molecular weight excluding hydrogens is 332 g/mol. The van der Waals surface area contributed by atoms with Crippen molar-refractivity contribution in [3.8, 4) is 0 Å². The molecule has 4 rings (SSSR count). The van der Waals surface area contributed by atoms with Gasteiger partial charge in [0.25, 0.3) is 0 Å². The second-order valence-corrected chi connectivity index (χ2v) is 7.31. The lowest BCUT2D eigenvalue weighted by atomic mass is 10.0. The highest BCUT2D eigenvalue weighted by Gasteiger charge is 2.21. The monoisotopic (exact) mass is 358 g/mol. The van der Waals surface area contributed by atoms with Crippen LogP contribution >= 0.6 is 0 Å². The van der Waals surface area contributed by atoms with Crippen LogP contribution in [0.4, 0.5) is 17.5 Å². The highest BCUT2D eigenvalue weighted by Crippen LogP contribution is 2.32. The van der Waals surface area contributed by atoms with Gasteiger partial charge in [0.1, 0.15) is 5.82 Å². The highest BCUT2D eigenvalue weighted by molar-refractivity contribution is 5.65. The van der Waals surface area contributed by atoms with Gasteiger partial charge < -0.3 is 9.80 Å². The van der Waals surface area contributed by atoms with Crippen molar-refractivity contribution in [2.45, 2.75) is 39.3 Å². The number of nitrogens with zero attached hydrogens (tertiary/aromatic N) is 4. The Balaban J connectivity index is 1.65. The number of anilines is 3. The van der Waals surface area contributed by atoms with Crippen LogP contribution in [0.15, 0.2) is 66.9 Å². The van der Waals surface area contributed by atoms with Gasteiger partial charge in [0.2, 0.25) is 5.95 Å². The van der Waals surface area contributed by atoms with E-state index in [1.807, 2.05) is 18.3 Å². The predicted octanol–water partition coefficient (Wildman–Crippen LogP) is 4.98. The molecule has 0 unspecified atom stereocenters. The van der Waals surface area contributed by atoms with Gasteiger partial charge in [-0.25, -0.2) is 4.98 Å². The average molecular weight is 358 g/mol. The Morgan fingerprint density at radius 1 is 1.00 bits per heavy atom. The molecule has 27 heavy (non-hydrogen) atoms. The summed E-state index contributed by atoms with van der Waals surface area (Å²) in [5.41, 5.74) is 3.94. The van der Waals surface area contributed by atoms with Crippen molar-refractivity contribution in [2.75, 3.05) is 16.3 Å². The number of fused-ring (bicyclic) bond motifs is 1. The third-order valence-electron chi connectivity index (χ3n) is 5.09. The largest absolute Gasteiger partial charge is 0.334 e. The molecule has 4 nitrogen and oxygen atoms in total. The Kier molecular flexibility index (Phi) is 5.05. The predicted molar refractivity (Wildman–Crippen MR) is 112 cm³/mol. The topological polar surface area (TPSA) is 32.3 Å². The van der Waals surface area contributed by atoms with Crippen molar-refractivity contribution in [1.29, 1.82) is 0 Å². The van der Waals surface area contributed by atoms with Crippen molar-refractivity contribution in [3.05, 3.63) is 78.0 Å². The van der Waals surface area contributed by atoms with E-state index in [9.17, 15) is 0 Å². The SMILES string of the molecule is CC(C)N(Cc1ccccc1)c1nccc(N2CCCc3ccccc32)n1. The smallest absolute Gasteiger partial charge is 0.227 e. The molecule has 0 aliphatic carbocycles. The van der Waals surface area contributed by atoms with Crippen LogP contribution in [0.3, 0.4) is 0 Å². The first kappa shape index (κ1) is 17.5. The quantitative estimate of drug-likeness (QED) is 0.644. The van der Waals surface area contributed by atoms with Gasteiger partial charge in [0, 0.05) is 31.0 Å². The average Bonchev–Trinajstić information content (AvgIpc) is 2.72. The summed E-state index contributed by atoms with van der Waals surface area (Å²) >= 11 is 0. The molecular formula is C23H26N4. The minimum atomic E-state index is 0.314. The van der Waals surface area contributed by atoms with Crippen LogP contribution < -0.4 is 9.80 Å². The Morgan fingerprint density at radius 3 is 2.59 bits per heavy atom. The molecule has 1 aliphatic heterocycles. The number of hydrogen-bond donors (Lipinski definition) is 0. The fourth-order valence-corrected chi connectivity index (χ4v) is 3.66. The summed E-state index contributed by atoms with van der Waals surface area (Å²) in [5.74, 6) is 1.76. The Labute approximate surface area is 161 Å². The maximum absolute atomic E-state index is 4.95. The Morgan fingerprint density at radius 2 is 1.78 bits per heavy atom. The van der Waals surface area contributed by atoms with Crippen LogP contribution in [0.5, 0.6) is 0 Å². The van der Waals surface area contributed by atoms with Crippen LogP contribution in [0.2, 0.25) is 0 Å². The number of para-hydroxylation sites is 1. The van der Waals surface area contributed by atoms with Crippen LogP contribution in [0.1, 0.15) is 31.4 Å². The van der Waals surface area contributed by atoms with Gasteiger partial charge in [-0.05, 0) is 49.9 Å². The molecule has 0 spiro atoms. The first-order chi connectivity index (χ1) is 13.2. The lowest BCUT2D eigenvalue weighted by Crippen LogP contribution is -2.32. The van der Waals surface area contributed by atoms with E-state index in [1.54, 1.807) is 0 Å². The van der Waals surface area contributed by atoms with Crippen LogP contribution in [0.25, 0.3) is 0 Å². The van der Waals surface area contributed by atoms with Gasteiger partial charge in [-0.3, -0.25) is 0 Å². The van der Waals surface area contributed by atoms with Crippen LogP contribution in [0, 0.1) is 0 Å². The van der Waals surface area contributed by atoms with Gasteiger partial charge >= 0.3 is 0 Å². The molecule has 0 saturated carbocycles. The lowest BCUT2D eigenvalue weighted by molar-refractivity contribution is 0.659. The third kappa shape index (κ3) is 3.80. The fraction of sp³-hybridized carbons (Fsp3) is 0.304. The minimum absolute atomic E-state index is 0.314. The van der Waals surface area contributed by atoms with Crippen molar-refractivity contribution >= 4 is 17.5 Å². The molecule has 4 heteroatoms. The second kappa shape index (κ2) is 7.78. The first-order valence-corrected chi connectivity index (χ1v) is 9.71. The summed E-state index contributed by atoms with van der Waals surface area (Å²) in [4.78, 5) is 14.1. The Bertz CT molecular complexity index is 892. The number of benzene rings is 2. The zero-order valence-corrected chi connectivity index (χ0v) is 16.0. The molecule has 0 fully saturated rings. The van der Waals surface area contributed by atoms with E-state index < -0.39 is 0 Å². The van der Waals surface area contributed by atoms with E-state index >= 15 is 0 Å². The molecule has 1 aromatic heterocycles. The van der Waals surface area contributed by atoms with E-state index in [4.69, 9.17) is 4.98 Å². The minimum Gasteiger partial charge on any atom is -0.334 e. The van der Waals surface area contributed by atoms with Crippen LogP contribution in [-0.4, -0.2) is 22.6 Å². The molecule has 0 saturated heterocycles. The van der Waals surface area contributed by atoms with Gasteiger partial charge in [-0.15, -0.1) is 0 Å². The Hall–Kier alpha value is -2.88. The lowest BCUT2D eigenvalue weighted by Gasteiger charge is -2.32. The van der Waals surface area contributed by atoms with Crippen molar-refractivity contribution in [2.24, 2.45) is 0 Å². The number of hydrogen-bond acceptors (Lipinski definition) is 4. The second-order valence-electron chi connectivity index (χ2n) is 7.31. The molecule has 2 heterocycles. The van der Waals surface area contributed by atoms with Gasteiger partial charge in [0.05, 0.1) is 0 Å². The zero-order chi connectivity index (χ0) is 18.6. The van der Waals surface area contributed by atoms with E-state index in [1.165, 1.54) is 16.8 Å². The number of rotatable bonds is 5. The molecule has 3 aromatic rings. The third-order valence-corrected chi connectivity index (χ3v) is 5.09. The molecule has 0 radical (unpaired) electrons. The van der Waals surface area contributed by atoms with E-state index in [-0.39, 0.29) is 0 Å². The summed E-state index contributed by atoms with van der Waals surface area (Å²) < 4.78 is 0. The van der Waals surface area contributed by atoms with E-state index in [0.29, 0.717) is 6.04 Å². The number of aryl methyl sites for hydroxylation is 1. The molecule has 0 atom stereocenters. The molecule has 2 aromatic carbocycles. The fourth-order valence-electron chi connectivity index (χ4n) is 3.66. The molecule has 138 valence electrons.